The molecule has 1 radical (unpaired) electrons. The minimum Gasteiger partial charge on any atom is -0.0654 e. The van der Waals surface area contributed by atoms with Gasteiger partial charge in [-0.1, -0.05) is 177 Å². The molecule has 0 spiro atoms. The van der Waals surface area contributed by atoms with Gasteiger partial charge in [0, 0.05) is 0 Å². The van der Waals surface area contributed by atoms with Crippen molar-refractivity contribution in [1.82, 2.24) is 0 Å². The van der Waals surface area contributed by atoms with Gasteiger partial charge in [0.25, 0.3) is 0 Å². The second kappa shape index (κ2) is 18.2. The highest BCUT2D eigenvalue weighted by atomic mass is 28.3. The van der Waals surface area contributed by atoms with Crippen LogP contribution in [0.25, 0.3) is 0 Å². The summed E-state index contributed by atoms with van der Waals surface area (Å²) in [6.07, 6.45) is 25.7. The van der Waals surface area contributed by atoms with E-state index in [-0.39, 0.29) is 0 Å². The van der Waals surface area contributed by atoms with Crippen molar-refractivity contribution in [2.75, 3.05) is 0 Å². The number of hydrogen-bond donors (Lipinski definition) is 0. The van der Waals surface area contributed by atoms with Crippen LogP contribution in [0.2, 0.25) is 19.1 Å². The van der Waals surface area contributed by atoms with Crippen LogP contribution in [0.15, 0.2) is 30.3 Å². The third-order valence-corrected chi connectivity index (χ3v) is 10.1. The van der Waals surface area contributed by atoms with Crippen LogP contribution >= 0.6 is 0 Å². The number of benzene rings is 1. The van der Waals surface area contributed by atoms with Crippen LogP contribution in [0.4, 0.5) is 0 Å². The van der Waals surface area contributed by atoms with Gasteiger partial charge in [-0.05, 0) is 0 Å². The summed E-state index contributed by atoms with van der Waals surface area (Å²) in [6, 6.07) is 12.7. The Morgan fingerprint density at radius 3 is 1.24 bits per heavy atom. The standard InChI is InChI=1S/C28H51Si/c1-4-5-6-7-8-9-10-11-12-13-14-15-16-17-18-19-20-24-27-29(2,3)28-25-22-21-23-26-28/h21-23,25-26H,1,4-20,24,27H2,2-3H3. The summed E-state index contributed by atoms with van der Waals surface area (Å²) >= 11 is 0. The minimum absolute atomic E-state index is 1.12. The molecule has 1 heteroatoms. The molecule has 1 aromatic rings. The molecule has 0 fully saturated rings. The van der Waals surface area contributed by atoms with E-state index in [1.54, 1.807) is 5.19 Å². The Morgan fingerprint density at radius 1 is 0.517 bits per heavy atom. The zero-order valence-corrected chi connectivity index (χ0v) is 21.0. The van der Waals surface area contributed by atoms with Crippen LogP contribution in [0.5, 0.6) is 0 Å². The molecule has 0 aliphatic rings. The van der Waals surface area contributed by atoms with E-state index in [0.717, 1.165) is 6.42 Å². The molecule has 1 rings (SSSR count). The maximum absolute atomic E-state index is 3.92. The molecule has 167 valence electrons. The molecule has 29 heavy (non-hydrogen) atoms. The third kappa shape index (κ3) is 15.0. The van der Waals surface area contributed by atoms with Crippen molar-refractivity contribution in [2.45, 2.75) is 135 Å². The lowest BCUT2D eigenvalue weighted by Crippen LogP contribution is -2.40. The first-order chi connectivity index (χ1) is 14.2. The molecule has 0 aromatic heterocycles. The van der Waals surface area contributed by atoms with Crippen molar-refractivity contribution in [1.29, 1.82) is 0 Å². The van der Waals surface area contributed by atoms with Gasteiger partial charge >= 0.3 is 0 Å². The van der Waals surface area contributed by atoms with Gasteiger partial charge in [-0.15, -0.1) is 0 Å². The number of rotatable bonds is 20. The number of unbranched alkanes of at least 4 members (excludes halogenated alkanes) is 17. The van der Waals surface area contributed by atoms with E-state index in [1.807, 2.05) is 0 Å². The quantitative estimate of drug-likeness (QED) is 0.147. The molecular formula is C28H51Si. The Bertz CT molecular complexity index is 451. The third-order valence-electron chi connectivity index (χ3n) is 6.61. The average Bonchev–Trinajstić information content (AvgIpc) is 2.73. The van der Waals surface area contributed by atoms with Crippen LogP contribution in [0, 0.1) is 6.92 Å². The first-order valence-corrected chi connectivity index (χ1v) is 16.2. The second-order valence-corrected chi connectivity index (χ2v) is 14.7. The molecule has 0 atom stereocenters. The van der Waals surface area contributed by atoms with Gasteiger partial charge in [-0.25, -0.2) is 0 Å². The van der Waals surface area contributed by atoms with Gasteiger partial charge in [-0.2, -0.15) is 0 Å². The van der Waals surface area contributed by atoms with E-state index in [9.17, 15) is 0 Å². The van der Waals surface area contributed by atoms with Gasteiger partial charge < -0.3 is 0 Å². The molecule has 1 aromatic carbocycles. The van der Waals surface area contributed by atoms with E-state index in [1.165, 1.54) is 115 Å². The summed E-state index contributed by atoms with van der Waals surface area (Å²) in [5.41, 5.74) is 0. The van der Waals surface area contributed by atoms with Gasteiger partial charge in [0.15, 0.2) is 0 Å². The highest BCUT2D eigenvalue weighted by molar-refractivity contribution is 6.89. The monoisotopic (exact) mass is 415 g/mol. The molecular weight excluding hydrogens is 364 g/mol. The molecule has 0 bridgehead atoms. The van der Waals surface area contributed by atoms with Crippen LogP contribution in [0.3, 0.4) is 0 Å². The predicted octanol–water partition coefficient (Wildman–Crippen LogP) is 9.46. The van der Waals surface area contributed by atoms with E-state index in [2.05, 4.69) is 50.3 Å². The Balaban J connectivity index is 1.79. The molecule has 0 aliphatic heterocycles. The normalized spacial score (nSPS) is 11.8. The Hall–Kier alpha value is -0.563. The first kappa shape index (κ1) is 26.5. The van der Waals surface area contributed by atoms with Gasteiger partial charge in [0.05, 0.1) is 8.07 Å². The fraction of sp³-hybridized carbons (Fsp3) is 0.750. The average molecular weight is 416 g/mol. The second-order valence-electron chi connectivity index (χ2n) is 9.86. The fourth-order valence-electron chi connectivity index (χ4n) is 4.43. The lowest BCUT2D eigenvalue weighted by atomic mass is 10.0. The summed E-state index contributed by atoms with van der Waals surface area (Å²) in [4.78, 5) is 0. The lowest BCUT2D eigenvalue weighted by Gasteiger charge is -2.22. The van der Waals surface area contributed by atoms with Crippen molar-refractivity contribution in [2.24, 2.45) is 0 Å². The van der Waals surface area contributed by atoms with E-state index in [4.69, 9.17) is 0 Å². The van der Waals surface area contributed by atoms with E-state index in [0.29, 0.717) is 0 Å². The summed E-state index contributed by atoms with van der Waals surface area (Å²) in [5, 5.41) is 1.63. The minimum atomic E-state index is -1.19. The van der Waals surface area contributed by atoms with Gasteiger partial charge in [0.1, 0.15) is 0 Å². The van der Waals surface area contributed by atoms with E-state index >= 15 is 0 Å². The first-order valence-electron chi connectivity index (χ1n) is 13.0. The van der Waals surface area contributed by atoms with Crippen LogP contribution in [-0.4, -0.2) is 8.07 Å². The molecule has 0 aliphatic carbocycles. The summed E-state index contributed by atoms with van der Waals surface area (Å²) in [6.45, 7) is 8.99. The largest absolute Gasteiger partial charge is 0.0806 e. The molecule has 0 saturated carbocycles. The Kier molecular flexibility index (Phi) is 16.6. The van der Waals surface area contributed by atoms with Crippen molar-refractivity contribution in [3.63, 3.8) is 0 Å². The lowest BCUT2D eigenvalue weighted by molar-refractivity contribution is 0.527. The van der Waals surface area contributed by atoms with Crippen molar-refractivity contribution in [3.8, 4) is 0 Å². The van der Waals surface area contributed by atoms with Gasteiger partial charge in [-0.3, -0.25) is 0 Å². The highest BCUT2D eigenvalue weighted by Gasteiger charge is 2.21. The maximum Gasteiger partial charge on any atom is 0.0806 e. The van der Waals surface area contributed by atoms with Crippen molar-refractivity contribution < 1.29 is 0 Å². The summed E-state index contributed by atoms with van der Waals surface area (Å²) < 4.78 is 0. The van der Waals surface area contributed by atoms with Gasteiger partial charge in [0.2, 0.25) is 0 Å². The fourth-order valence-corrected chi connectivity index (χ4v) is 6.95. The maximum atomic E-state index is 3.92. The van der Waals surface area contributed by atoms with Crippen LogP contribution < -0.4 is 5.19 Å². The highest BCUT2D eigenvalue weighted by Crippen LogP contribution is 2.17. The van der Waals surface area contributed by atoms with Crippen molar-refractivity contribution >= 4 is 13.3 Å². The number of hydrogen-bond acceptors (Lipinski definition) is 0. The summed E-state index contributed by atoms with van der Waals surface area (Å²) in [5.74, 6) is 0. The molecule has 0 amide bonds. The van der Waals surface area contributed by atoms with Crippen molar-refractivity contribution in [3.05, 3.63) is 37.3 Å². The predicted molar refractivity (Wildman–Crippen MR) is 137 cm³/mol. The summed E-state index contributed by atoms with van der Waals surface area (Å²) in [7, 11) is -1.19. The molecule has 0 saturated heterocycles. The molecule has 0 nitrogen and oxygen atoms in total. The topological polar surface area (TPSA) is 0 Å². The zero-order chi connectivity index (χ0) is 21.0. The molecule has 0 unspecified atom stereocenters. The Morgan fingerprint density at radius 2 is 0.862 bits per heavy atom. The smallest absolute Gasteiger partial charge is 0.0654 e. The molecule has 0 heterocycles. The SMILES string of the molecule is [CH2]CCCCCCCCCCCCCCCCCCC[Si](C)(C)c1ccccc1. The van der Waals surface area contributed by atoms with Crippen LogP contribution in [-0.2, 0) is 0 Å². The molecule has 0 N–H and O–H groups in total. The zero-order valence-electron chi connectivity index (χ0n) is 20.0. The Labute approximate surface area is 185 Å². The van der Waals surface area contributed by atoms with Crippen LogP contribution in [0.1, 0.15) is 116 Å². The van der Waals surface area contributed by atoms with E-state index < -0.39 is 8.07 Å².